The van der Waals surface area contributed by atoms with Gasteiger partial charge in [0.1, 0.15) is 0 Å². The van der Waals surface area contributed by atoms with Gasteiger partial charge in [-0.2, -0.15) is 12.2 Å². The molecule has 0 fully saturated rings. The first kappa shape index (κ1) is 13.5. The summed E-state index contributed by atoms with van der Waals surface area (Å²) in [5, 5.41) is 0. The van der Waals surface area contributed by atoms with Gasteiger partial charge in [0.2, 0.25) is 0 Å². The average molecular weight is 220 g/mol. The maximum Gasteiger partial charge on any atom is -0.109 e. The van der Waals surface area contributed by atoms with Crippen LogP contribution in [0.3, 0.4) is 0 Å². The zero-order valence-corrected chi connectivity index (χ0v) is 10.2. The van der Waals surface area contributed by atoms with Gasteiger partial charge in [0.05, 0.1) is 0 Å². The Bertz CT molecular complexity index is 190. The van der Waals surface area contributed by atoms with Crippen LogP contribution in [0.2, 0.25) is 0 Å². The molecular formula is C13H16Ti. The van der Waals surface area contributed by atoms with Crippen LogP contribution in [-0.4, -0.2) is 4.31 Å². The topological polar surface area (TPSA) is 0 Å². The summed E-state index contributed by atoms with van der Waals surface area (Å²) < 4.78 is 2.12. The molecule has 0 spiro atoms. The molecule has 2 aliphatic carbocycles. The largest absolute Gasteiger partial charge is 0.273 e. The van der Waals surface area contributed by atoms with Crippen LogP contribution in [0.25, 0.3) is 0 Å². The molecule has 0 unspecified atom stereocenters. The summed E-state index contributed by atoms with van der Waals surface area (Å²) in [4.78, 5) is 0. The van der Waals surface area contributed by atoms with Crippen molar-refractivity contribution in [2.75, 3.05) is 0 Å². The first-order valence-corrected chi connectivity index (χ1v) is 5.74. The van der Waals surface area contributed by atoms with Gasteiger partial charge < -0.3 is 0 Å². The standard InChI is InChI=1S/2C5H5.C3H6.Ti/c2*1-2-4-5-3-1;1-3-2;/h2*1-3H,4H2;1H,3H2,2H3;/q2*-1;;+2. The minimum atomic E-state index is 1.01. The summed E-state index contributed by atoms with van der Waals surface area (Å²) in [6, 6.07) is 0. The van der Waals surface area contributed by atoms with Crippen molar-refractivity contribution in [2.45, 2.75) is 26.2 Å². The molecule has 0 heterocycles. The minimum Gasteiger partial charge on any atom is -0.273 e. The van der Waals surface area contributed by atoms with Crippen LogP contribution in [0, 0.1) is 12.2 Å². The molecule has 72 valence electrons. The number of hydrogen-bond acceptors (Lipinski definition) is 0. The molecule has 0 saturated carbocycles. The van der Waals surface area contributed by atoms with Crippen LogP contribution < -0.4 is 0 Å². The quantitative estimate of drug-likeness (QED) is 0.469. The van der Waals surface area contributed by atoms with Crippen molar-refractivity contribution in [2.24, 2.45) is 0 Å². The molecule has 2 rings (SSSR count). The van der Waals surface area contributed by atoms with E-state index in [2.05, 4.69) is 55.5 Å². The molecule has 0 amide bonds. The Labute approximate surface area is 99.0 Å². The van der Waals surface area contributed by atoms with Crippen LogP contribution in [0.1, 0.15) is 26.2 Å². The molecule has 0 aromatic heterocycles. The predicted octanol–water partition coefficient (Wildman–Crippen LogP) is 3.36. The van der Waals surface area contributed by atoms with Crippen LogP contribution in [0.5, 0.6) is 0 Å². The van der Waals surface area contributed by atoms with Gasteiger partial charge in [-0.05, 0) is 0 Å². The molecule has 2 aliphatic rings. The Balaban J connectivity index is 0.000000183. The van der Waals surface area contributed by atoms with Crippen molar-refractivity contribution in [1.82, 2.24) is 0 Å². The molecule has 0 saturated heterocycles. The fourth-order valence-electron chi connectivity index (χ4n) is 0.680. The SMILES string of the molecule is CC[CH]=[Ti+2].[C-]1=CC=CC1.[C-]1=CC=CC1. The third-order valence-corrected chi connectivity index (χ3v) is 2.01. The maximum atomic E-state index is 2.99. The van der Waals surface area contributed by atoms with E-state index in [-0.39, 0.29) is 0 Å². The van der Waals surface area contributed by atoms with Crippen molar-refractivity contribution in [1.29, 1.82) is 0 Å². The molecule has 0 aromatic carbocycles. The van der Waals surface area contributed by atoms with Gasteiger partial charge in [-0.1, -0.05) is 0 Å². The molecule has 0 nitrogen and oxygen atoms in total. The van der Waals surface area contributed by atoms with Crippen molar-refractivity contribution < 1.29 is 20.0 Å². The Morgan fingerprint density at radius 3 is 1.64 bits per heavy atom. The third kappa shape index (κ3) is 11.5. The zero-order chi connectivity index (χ0) is 10.5. The maximum absolute atomic E-state index is 2.99. The molecule has 0 N–H and O–H groups in total. The molecule has 0 aliphatic heterocycles. The Morgan fingerprint density at radius 1 is 1.14 bits per heavy atom. The Kier molecular flexibility index (Phi) is 12.1. The van der Waals surface area contributed by atoms with Gasteiger partial charge in [-0.3, -0.25) is 12.2 Å². The fourth-order valence-corrected chi connectivity index (χ4v) is 0.680. The van der Waals surface area contributed by atoms with E-state index >= 15 is 0 Å². The van der Waals surface area contributed by atoms with Gasteiger partial charge >= 0.3 is 37.6 Å². The van der Waals surface area contributed by atoms with Crippen LogP contribution >= 0.6 is 0 Å². The number of rotatable bonds is 1. The fraction of sp³-hybridized carbons (Fsp3) is 0.308. The zero-order valence-electron chi connectivity index (χ0n) is 8.66. The summed E-state index contributed by atoms with van der Waals surface area (Å²) in [6.45, 7) is 2.12. The van der Waals surface area contributed by atoms with E-state index in [9.17, 15) is 0 Å². The normalized spacial score (nSPS) is 14.5. The second-order valence-corrected chi connectivity index (χ2v) is 3.26. The van der Waals surface area contributed by atoms with Crippen molar-refractivity contribution in [3.63, 3.8) is 0 Å². The van der Waals surface area contributed by atoms with E-state index < -0.39 is 0 Å². The molecular weight excluding hydrogens is 204 g/mol. The van der Waals surface area contributed by atoms with Crippen LogP contribution in [-0.2, 0) is 20.0 Å². The van der Waals surface area contributed by atoms with Gasteiger partial charge in [0, 0.05) is 0 Å². The molecule has 0 bridgehead atoms. The van der Waals surface area contributed by atoms with E-state index in [0.717, 1.165) is 12.8 Å². The van der Waals surface area contributed by atoms with Gasteiger partial charge in [0.25, 0.3) is 0 Å². The molecule has 1 heteroatoms. The molecule has 0 radical (unpaired) electrons. The summed E-state index contributed by atoms with van der Waals surface area (Å²) in [7, 11) is 0. The number of hydrogen-bond donors (Lipinski definition) is 0. The Morgan fingerprint density at radius 2 is 1.57 bits per heavy atom. The van der Waals surface area contributed by atoms with E-state index in [1.807, 2.05) is 24.3 Å². The van der Waals surface area contributed by atoms with E-state index in [0.29, 0.717) is 0 Å². The van der Waals surface area contributed by atoms with Crippen molar-refractivity contribution >= 4 is 4.31 Å². The van der Waals surface area contributed by atoms with Gasteiger partial charge in [-0.25, -0.2) is 24.3 Å². The van der Waals surface area contributed by atoms with Gasteiger partial charge in [-0.15, -0.1) is 12.8 Å². The van der Waals surface area contributed by atoms with Crippen molar-refractivity contribution in [3.05, 3.63) is 48.6 Å². The molecule has 0 atom stereocenters. The second kappa shape index (κ2) is 12.5. The monoisotopic (exact) mass is 220 g/mol. The summed E-state index contributed by atoms with van der Waals surface area (Å²) >= 11 is 2.06. The smallest absolute Gasteiger partial charge is 0.109 e. The summed E-state index contributed by atoms with van der Waals surface area (Å²) in [5.41, 5.74) is 0. The van der Waals surface area contributed by atoms with E-state index in [1.54, 1.807) is 0 Å². The van der Waals surface area contributed by atoms with Gasteiger partial charge in [0.15, 0.2) is 0 Å². The van der Waals surface area contributed by atoms with E-state index in [1.165, 1.54) is 6.42 Å². The second-order valence-electron chi connectivity index (χ2n) is 2.62. The first-order valence-electron chi connectivity index (χ1n) is 4.84. The van der Waals surface area contributed by atoms with Crippen LogP contribution in [0.4, 0.5) is 0 Å². The molecule has 14 heavy (non-hydrogen) atoms. The average Bonchev–Trinajstić information content (AvgIpc) is 2.94. The van der Waals surface area contributed by atoms with Crippen LogP contribution in [0.15, 0.2) is 36.5 Å². The summed E-state index contributed by atoms with van der Waals surface area (Å²) in [5.74, 6) is 0. The first-order chi connectivity index (χ1) is 6.91. The van der Waals surface area contributed by atoms with E-state index in [4.69, 9.17) is 0 Å². The Hall–Kier alpha value is -0.456. The third-order valence-electron chi connectivity index (χ3n) is 1.38. The number of allylic oxidation sites excluding steroid dienone is 8. The summed E-state index contributed by atoms with van der Waals surface area (Å²) in [6.07, 6.45) is 21.2. The molecule has 0 aromatic rings. The minimum absolute atomic E-state index is 1.01. The van der Waals surface area contributed by atoms with Crippen molar-refractivity contribution in [3.8, 4) is 0 Å². The predicted molar refractivity (Wildman–Crippen MR) is 59.5 cm³/mol.